The van der Waals surface area contributed by atoms with Gasteiger partial charge >= 0.3 is 0 Å². The van der Waals surface area contributed by atoms with Crippen molar-refractivity contribution < 1.29 is 9.84 Å². The highest BCUT2D eigenvalue weighted by Gasteiger charge is 2.15. The van der Waals surface area contributed by atoms with Crippen LogP contribution < -0.4 is 5.32 Å². The maximum atomic E-state index is 9.76. The molecule has 0 bridgehead atoms. The number of rotatable bonds is 9. The molecule has 1 aliphatic carbocycles. The lowest BCUT2D eigenvalue weighted by molar-refractivity contribution is -0.0227. The molecule has 2 N–H and O–H groups in total. The molecule has 3 nitrogen and oxygen atoms in total. The number of thioether (sulfide) groups is 1. The number of aliphatic hydroxyl groups excluding tert-OH is 1. The SMILES string of the molecule is C#CCSCCNCC(O)COC1CCCCC1. The van der Waals surface area contributed by atoms with Gasteiger partial charge in [0.1, 0.15) is 0 Å². The van der Waals surface area contributed by atoms with E-state index in [-0.39, 0.29) is 0 Å². The van der Waals surface area contributed by atoms with E-state index in [2.05, 4.69) is 11.2 Å². The standard InChI is InChI=1S/C14H25NO2S/c1-2-9-18-10-8-15-11-13(16)12-17-14-6-4-3-5-7-14/h1,13-16H,3-12H2. The fraction of sp³-hybridized carbons (Fsp3) is 0.857. The Balaban J connectivity index is 1.90. The van der Waals surface area contributed by atoms with Gasteiger partial charge < -0.3 is 15.2 Å². The smallest absolute Gasteiger partial charge is 0.0897 e. The second kappa shape index (κ2) is 10.7. The Hall–Kier alpha value is -0.210. The van der Waals surface area contributed by atoms with Crippen LogP contribution in [-0.2, 0) is 4.74 Å². The van der Waals surface area contributed by atoms with Crippen molar-refractivity contribution in [2.24, 2.45) is 0 Å². The second-order valence-corrected chi connectivity index (χ2v) is 5.81. The Labute approximate surface area is 115 Å². The number of ether oxygens (including phenoxy) is 1. The van der Waals surface area contributed by atoms with Gasteiger partial charge in [-0.25, -0.2) is 0 Å². The lowest BCUT2D eigenvalue weighted by atomic mass is 9.98. The molecule has 0 saturated heterocycles. The van der Waals surface area contributed by atoms with Crippen LogP contribution in [0.25, 0.3) is 0 Å². The molecule has 0 heterocycles. The molecule has 4 heteroatoms. The summed E-state index contributed by atoms with van der Waals surface area (Å²) in [5.41, 5.74) is 0. The largest absolute Gasteiger partial charge is 0.389 e. The van der Waals surface area contributed by atoms with Gasteiger partial charge in [-0.2, -0.15) is 0 Å². The molecule has 1 atom stereocenters. The lowest BCUT2D eigenvalue weighted by Crippen LogP contribution is -2.33. The summed E-state index contributed by atoms with van der Waals surface area (Å²) >= 11 is 1.73. The molecule has 104 valence electrons. The van der Waals surface area contributed by atoms with Crippen molar-refractivity contribution in [2.75, 3.05) is 31.2 Å². The summed E-state index contributed by atoms with van der Waals surface area (Å²) in [5.74, 6) is 4.34. The summed E-state index contributed by atoms with van der Waals surface area (Å²) in [6.45, 7) is 1.94. The summed E-state index contributed by atoms with van der Waals surface area (Å²) in [7, 11) is 0. The molecule has 1 unspecified atom stereocenters. The van der Waals surface area contributed by atoms with Gasteiger partial charge in [-0.05, 0) is 12.8 Å². The highest BCUT2D eigenvalue weighted by atomic mass is 32.2. The normalized spacial score (nSPS) is 18.4. The monoisotopic (exact) mass is 271 g/mol. The highest BCUT2D eigenvalue weighted by Crippen LogP contribution is 2.20. The minimum absolute atomic E-state index is 0.375. The van der Waals surface area contributed by atoms with Crippen LogP contribution in [0.15, 0.2) is 0 Å². The molecule has 1 saturated carbocycles. The summed E-state index contributed by atoms with van der Waals surface area (Å²) in [4.78, 5) is 0. The Bertz CT molecular complexity index is 236. The summed E-state index contributed by atoms with van der Waals surface area (Å²) < 4.78 is 5.72. The van der Waals surface area contributed by atoms with Gasteiger partial charge in [0.05, 0.1) is 24.6 Å². The molecule has 0 radical (unpaired) electrons. The van der Waals surface area contributed by atoms with E-state index < -0.39 is 6.10 Å². The number of nitrogens with one attached hydrogen (secondary N) is 1. The molecule has 18 heavy (non-hydrogen) atoms. The van der Waals surface area contributed by atoms with Crippen molar-refractivity contribution in [3.05, 3.63) is 0 Å². The predicted octanol–water partition coefficient (Wildman–Crippen LogP) is 1.65. The minimum Gasteiger partial charge on any atom is -0.389 e. The van der Waals surface area contributed by atoms with E-state index in [0.29, 0.717) is 19.3 Å². The maximum absolute atomic E-state index is 9.76. The number of hydrogen-bond acceptors (Lipinski definition) is 4. The zero-order valence-corrected chi connectivity index (χ0v) is 11.9. The van der Waals surface area contributed by atoms with E-state index in [1.54, 1.807) is 11.8 Å². The first-order valence-corrected chi connectivity index (χ1v) is 8.00. The average Bonchev–Trinajstić information content (AvgIpc) is 2.41. The van der Waals surface area contributed by atoms with Crippen LogP contribution in [0.2, 0.25) is 0 Å². The third-order valence-corrected chi connectivity index (χ3v) is 3.93. The zero-order valence-electron chi connectivity index (χ0n) is 11.1. The van der Waals surface area contributed by atoms with Crippen LogP contribution in [0.4, 0.5) is 0 Å². The number of hydrogen-bond donors (Lipinski definition) is 2. The predicted molar refractivity (Wildman–Crippen MR) is 77.9 cm³/mol. The molecule has 0 aromatic rings. The van der Waals surface area contributed by atoms with Crippen molar-refractivity contribution >= 4 is 11.8 Å². The molecule has 1 aliphatic rings. The van der Waals surface area contributed by atoms with Gasteiger partial charge in [0, 0.05) is 18.8 Å². The molecule has 0 amide bonds. The van der Waals surface area contributed by atoms with Crippen molar-refractivity contribution in [3.63, 3.8) is 0 Å². The van der Waals surface area contributed by atoms with Gasteiger partial charge in [-0.3, -0.25) is 0 Å². The van der Waals surface area contributed by atoms with Gasteiger partial charge in [0.2, 0.25) is 0 Å². The summed E-state index contributed by atoms with van der Waals surface area (Å²) in [6, 6.07) is 0. The van der Waals surface area contributed by atoms with Crippen molar-refractivity contribution in [1.82, 2.24) is 5.32 Å². The number of terminal acetylenes is 1. The van der Waals surface area contributed by atoms with E-state index in [1.807, 2.05) is 0 Å². The summed E-state index contributed by atoms with van der Waals surface area (Å²) in [6.07, 6.45) is 11.3. The first-order chi connectivity index (χ1) is 8.83. The lowest BCUT2D eigenvalue weighted by Gasteiger charge is -2.23. The molecule has 1 fully saturated rings. The number of aliphatic hydroxyl groups is 1. The van der Waals surface area contributed by atoms with Crippen molar-refractivity contribution in [2.45, 2.75) is 44.3 Å². The molecular weight excluding hydrogens is 246 g/mol. The van der Waals surface area contributed by atoms with Crippen LogP contribution in [0.5, 0.6) is 0 Å². The van der Waals surface area contributed by atoms with Crippen LogP contribution >= 0.6 is 11.8 Å². The maximum Gasteiger partial charge on any atom is 0.0897 e. The Morgan fingerprint density at radius 2 is 2.17 bits per heavy atom. The highest BCUT2D eigenvalue weighted by molar-refractivity contribution is 7.99. The van der Waals surface area contributed by atoms with Gasteiger partial charge in [-0.15, -0.1) is 18.2 Å². The van der Waals surface area contributed by atoms with Crippen molar-refractivity contribution in [3.8, 4) is 12.3 Å². The van der Waals surface area contributed by atoms with Crippen molar-refractivity contribution in [1.29, 1.82) is 0 Å². The van der Waals surface area contributed by atoms with Gasteiger partial charge in [0.15, 0.2) is 0 Å². The van der Waals surface area contributed by atoms with E-state index in [4.69, 9.17) is 11.2 Å². The molecule has 0 aliphatic heterocycles. The minimum atomic E-state index is -0.399. The third-order valence-electron chi connectivity index (χ3n) is 3.07. The molecule has 1 rings (SSSR count). The van der Waals surface area contributed by atoms with E-state index in [1.165, 1.54) is 19.3 Å². The zero-order chi connectivity index (χ0) is 13.1. The second-order valence-electron chi connectivity index (χ2n) is 4.71. The van der Waals surface area contributed by atoms with E-state index in [9.17, 15) is 5.11 Å². The quantitative estimate of drug-likeness (QED) is 0.494. The molecule has 0 aromatic carbocycles. The first-order valence-electron chi connectivity index (χ1n) is 6.84. The Morgan fingerprint density at radius 1 is 1.39 bits per heavy atom. The van der Waals surface area contributed by atoms with Crippen LogP contribution in [0.1, 0.15) is 32.1 Å². The van der Waals surface area contributed by atoms with Crippen LogP contribution in [0, 0.1) is 12.3 Å². The fourth-order valence-corrected chi connectivity index (χ4v) is 2.63. The van der Waals surface area contributed by atoms with Gasteiger partial charge in [0.25, 0.3) is 0 Å². The molecule has 0 aromatic heterocycles. The average molecular weight is 271 g/mol. The first kappa shape index (κ1) is 15.8. The molecular formula is C14H25NO2S. The molecule has 0 spiro atoms. The van der Waals surface area contributed by atoms with E-state index in [0.717, 1.165) is 30.9 Å². The topological polar surface area (TPSA) is 41.5 Å². The fourth-order valence-electron chi connectivity index (χ4n) is 2.08. The van der Waals surface area contributed by atoms with Gasteiger partial charge in [-0.1, -0.05) is 25.2 Å². The summed E-state index contributed by atoms with van der Waals surface area (Å²) in [5, 5.41) is 13.0. The third kappa shape index (κ3) is 7.99. The Morgan fingerprint density at radius 3 is 2.89 bits per heavy atom. The van der Waals surface area contributed by atoms with Crippen LogP contribution in [0.3, 0.4) is 0 Å². The Kier molecular flexibility index (Phi) is 9.41. The van der Waals surface area contributed by atoms with E-state index >= 15 is 0 Å². The van der Waals surface area contributed by atoms with Crippen LogP contribution in [-0.4, -0.2) is 48.5 Å².